The number of aryl methyl sites for hydroxylation is 1. The predicted octanol–water partition coefficient (Wildman–Crippen LogP) is 2.63. The number of hydrogen-bond donors (Lipinski definition) is 1. The molecule has 0 aliphatic carbocycles. The van der Waals surface area contributed by atoms with E-state index in [-0.39, 0.29) is 6.04 Å². The smallest absolute Gasteiger partial charge is 0.163 e. The predicted molar refractivity (Wildman–Crippen MR) is 73.2 cm³/mol. The van der Waals surface area contributed by atoms with E-state index < -0.39 is 5.67 Å². The molecular formula is C14H24FN3O. The molecule has 1 aromatic rings. The molecule has 4 nitrogen and oxygen atoms in total. The van der Waals surface area contributed by atoms with Crippen LogP contribution in [0, 0.1) is 0 Å². The van der Waals surface area contributed by atoms with Crippen molar-refractivity contribution < 1.29 is 9.13 Å². The Morgan fingerprint density at radius 3 is 2.95 bits per heavy atom. The van der Waals surface area contributed by atoms with Crippen molar-refractivity contribution in [2.75, 3.05) is 13.7 Å². The minimum Gasteiger partial charge on any atom is -0.493 e. The Morgan fingerprint density at radius 1 is 1.58 bits per heavy atom. The Balaban J connectivity index is 2.19. The van der Waals surface area contributed by atoms with Gasteiger partial charge in [-0.3, -0.25) is 4.68 Å². The summed E-state index contributed by atoms with van der Waals surface area (Å²) in [7, 11) is 1.56. The fourth-order valence-electron chi connectivity index (χ4n) is 2.94. The lowest BCUT2D eigenvalue weighted by molar-refractivity contribution is 0.130. The summed E-state index contributed by atoms with van der Waals surface area (Å²) in [6.07, 6.45) is 5.48. The summed E-state index contributed by atoms with van der Waals surface area (Å²) in [6.45, 7) is 5.24. The molecule has 2 atom stereocenters. The standard InChI is InChI=1S/C14H24FN3O/c1-4-18-13(12(19-3)10-17-18)14(2,15)9-11-7-5-6-8-16-11/h10-11,16H,4-9H2,1-3H3. The second kappa shape index (κ2) is 5.90. The zero-order valence-corrected chi connectivity index (χ0v) is 12.1. The van der Waals surface area contributed by atoms with Crippen LogP contribution in [0.15, 0.2) is 6.20 Å². The molecule has 1 aliphatic rings. The highest BCUT2D eigenvalue weighted by Crippen LogP contribution is 2.37. The number of piperidine rings is 1. The van der Waals surface area contributed by atoms with E-state index in [4.69, 9.17) is 4.74 Å². The fraction of sp³-hybridized carbons (Fsp3) is 0.786. The number of hydrogen-bond acceptors (Lipinski definition) is 3. The van der Waals surface area contributed by atoms with Gasteiger partial charge < -0.3 is 10.1 Å². The first kappa shape index (κ1) is 14.3. The SMILES string of the molecule is CCn1ncc(OC)c1C(C)(F)CC1CCCCN1. The molecule has 5 heteroatoms. The first-order valence-electron chi connectivity index (χ1n) is 7.11. The highest BCUT2D eigenvalue weighted by molar-refractivity contribution is 5.30. The van der Waals surface area contributed by atoms with Crippen molar-refractivity contribution in [1.82, 2.24) is 15.1 Å². The van der Waals surface area contributed by atoms with Crippen molar-refractivity contribution in [1.29, 1.82) is 0 Å². The molecule has 1 fully saturated rings. The zero-order valence-electron chi connectivity index (χ0n) is 12.1. The summed E-state index contributed by atoms with van der Waals surface area (Å²) in [6, 6.07) is 0.244. The molecule has 0 radical (unpaired) electrons. The van der Waals surface area contributed by atoms with Gasteiger partial charge in [0.15, 0.2) is 11.4 Å². The van der Waals surface area contributed by atoms with Crippen LogP contribution in [-0.2, 0) is 12.2 Å². The molecule has 0 spiro atoms. The van der Waals surface area contributed by atoms with Crippen molar-refractivity contribution in [3.05, 3.63) is 11.9 Å². The normalized spacial score (nSPS) is 23.1. The fourth-order valence-corrected chi connectivity index (χ4v) is 2.94. The van der Waals surface area contributed by atoms with Gasteiger partial charge in [0.05, 0.1) is 13.3 Å². The van der Waals surface area contributed by atoms with Crippen molar-refractivity contribution in [2.45, 2.75) is 57.8 Å². The van der Waals surface area contributed by atoms with Crippen LogP contribution in [-0.4, -0.2) is 29.5 Å². The van der Waals surface area contributed by atoms with Gasteiger partial charge in [0.2, 0.25) is 0 Å². The molecule has 1 aromatic heterocycles. The molecular weight excluding hydrogens is 245 g/mol. The zero-order chi connectivity index (χ0) is 13.9. The van der Waals surface area contributed by atoms with E-state index in [1.54, 1.807) is 24.9 Å². The van der Waals surface area contributed by atoms with E-state index in [0.29, 0.717) is 24.4 Å². The molecule has 0 aromatic carbocycles. The average molecular weight is 269 g/mol. The first-order chi connectivity index (χ1) is 9.08. The summed E-state index contributed by atoms with van der Waals surface area (Å²) >= 11 is 0. The van der Waals surface area contributed by atoms with Gasteiger partial charge >= 0.3 is 0 Å². The monoisotopic (exact) mass is 269 g/mol. The number of nitrogens with zero attached hydrogens (tertiary/aromatic N) is 2. The molecule has 0 amide bonds. The van der Waals surface area contributed by atoms with Crippen LogP contribution in [0.4, 0.5) is 4.39 Å². The van der Waals surface area contributed by atoms with E-state index >= 15 is 4.39 Å². The number of aromatic nitrogens is 2. The third-order valence-electron chi connectivity index (χ3n) is 3.86. The summed E-state index contributed by atoms with van der Waals surface area (Å²) in [5.41, 5.74) is -0.864. The van der Waals surface area contributed by atoms with Crippen molar-refractivity contribution in [3.63, 3.8) is 0 Å². The lowest BCUT2D eigenvalue weighted by atomic mass is 9.90. The van der Waals surface area contributed by atoms with E-state index in [1.165, 1.54) is 12.8 Å². The Hall–Kier alpha value is -1.10. The van der Waals surface area contributed by atoms with Gasteiger partial charge in [-0.25, -0.2) is 4.39 Å². The molecule has 2 rings (SSSR count). The van der Waals surface area contributed by atoms with Gasteiger partial charge in [-0.05, 0) is 33.2 Å². The van der Waals surface area contributed by atoms with Crippen LogP contribution < -0.4 is 10.1 Å². The van der Waals surface area contributed by atoms with E-state index in [1.807, 2.05) is 6.92 Å². The van der Waals surface area contributed by atoms with Crippen LogP contribution in [0.1, 0.15) is 45.2 Å². The lowest BCUT2D eigenvalue weighted by Crippen LogP contribution is -2.39. The number of halogens is 1. The maximum Gasteiger partial charge on any atom is 0.163 e. The molecule has 108 valence electrons. The maximum absolute atomic E-state index is 15.2. The van der Waals surface area contributed by atoms with E-state index in [0.717, 1.165) is 13.0 Å². The van der Waals surface area contributed by atoms with Crippen LogP contribution in [0.3, 0.4) is 0 Å². The first-order valence-corrected chi connectivity index (χ1v) is 7.11. The summed E-state index contributed by atoms with van der Waals surface area (Å²) in [4.78, 5) is 0. The second-order valence-corrected chi connectivity index (χ2v) is 5.43. The van der Waals surface area contributed by atoms with Crippen LogP contribution in [0.5, 0.6) is 5.75 Å². The quantitative estimate of drug-likeness (QED) is 0.893. The third-order valence-corrected chi connectivity index (χ3v) is 3.86. The second-order valence-electron chi connectivity index (χ2n) is 5.43. The maximum atomic E-state index is 15.2. The van der Waals surface area contributed by atoms with Crippen LogP contribution in [0.25, 0.3) is 0 Å². The third kappa shape index (κ3) is 3.08. The van der Waals surface area contributed by atoms with E-state index in [9.17, 15) is 0 Å². The molecule has 19 heavy (non-hydrogen) atoms. The highest BCUT2D eigenvalue weighted by Gasteiger charge is 2.36. The van der Waals surface area contributed by atoms with Crippen LogP contribution >= 0.6 is 0 Å². The Bertz CT molecular complexity index is 389. The number of methoxy groups -OCH3 is 1. The van der Waals surface area contributed by atoms with E-state index in [2.05, 4.69) is 10.4 Å². The Kier molecular flexibility index (Phi) is 4.45. The summed E-state index contributed by atoms with van der Waals surface area (Å²) in [5, 5.41) is 7.60. The molecule has 1 N–H and O–H groups in total. The topological polar surface area (TPSA) is 39.1 Å². The van der Waals surface area contributed by atoms with Gasteiger partial charge in [0.1, 0.15) is 5.69 Å². The minimum absolute atomic E-state index is 0.244. The van der Waals surface area contributed by atoms with Crippen molar-refractivity contribution >= 4 is 0 Å². The summed E-state index contributed by atoms with van der Waals surface area (Å²) in [5.74, 6) is 0.544. The highest BCUT2D eigenvalue weighted by atomic mass is 19.1. The van der Waals surface area contributed by atoms with Gasteiger partial charge in [-0.2, -0.15) is 5.10 Å². The molecule has 0 bridgehead atoms. The van der Waals surface area contributed by atoms with Crippen molar-refractivity contribution in [2.24, 2.45) is 0 Å². The Labute approximate surface area is 114 Å². The van der Waals surface area contributed by atoms with Gasteiger partial charge in [0.25, 0.3) is 0 Å². The molecule has 2 heterocycles. The van der Waals surface area contributed by atoms with Crippen LogP contribution in [0.2, 0.25) is 0 Å². The van der Waals surface area contributed by atoms with Gasteiger partial charge in [0, 0.05) is 19.0 Å². The number of nitrogens with one attached hydrogen (secondary N) is 1. The van der Waals surface area contributed by atoms with Crippen molar-refractivity contribution in [3.8, 4) is 5.75 Å². The molecule has 0 saturated carbocycles. The number of rotatable bonds is 5. The van der Waals surface area contributed by atoms with Gasteiger partial charge in [-0.15, -0.1) is 0 Å². The molecule has 1 saturated heterocycles. The number of ether oxygens (including phenoxy) is 1. The average Bonchev–Trinajstić information content (AvgIpc) is 2.83. The molecule has 2 unspecified atom stereocenters. The summed E-state index contributed by atoms with van der Waals surface area (Å²) < 4.78 is 22.1. The lowest BCUT2D eigenvalue weighted by Gasteiger charge is -2.30. The minimum atomic E-state index is -1.42. The van der Waals surface area contributed by atoms with Gasteiger partial charge in [-0.1, -0.05) is 6.42 Å². The Morgan fingerprint density at radius 2 is 2.37 bits per heavy atom. The number of alkyl halides is 1. The largest absolute Gasteiger partial charge is 0.493 e. The molecule has 1 aliphatic heterocycles.